The topological polar surface area (TPSA) is 77.9 Å². The maximum absolute atomic E-state index is 13.1. The smallest absolute Gasteiger partial charge is 0.243 e. The molecule has 1 aliphatic heterocycles. The maximum Gasteiger partial charge on any atom is 0.243 e. The molecular weight excluding hydrogens is 371 g/mol. The highest BCUT2D eigenvalue weighted by atomic mass is 32.2. The summed E-state index contributed by atoms with van der Waals surface area (Å²) < 4.78 is 40.1. The Kier molecular flexibility index (Phi) is 6.18. The van der Waals surface area contributed by atoms with Crippen molar-refractivity contribution < 1.29 is 22.7 Å². The molecule has 1 aromatic rings. The molecule has 1 saturated heterocycles. The SMILES string of the molecule is CN(C(=O)C1CCCN(S(=O)(=O)c2ccc(F)cc2)C1)[C@@H]1CCCC[C@H]1O. The Balaban J connectivity index is 1.71. The second-order valence-corrected chi connectivity index (χ2v) is 9.46. The van der Waals surface area contributed by atoms with E-state index in [4.69, 9.17) is 0 Å². The van der Waals surface area contributed by atoms with Crippen LogP contribution in [0.4, 0.5) is 4.39 Å². The number of hydrogen-bond donors (Lipinski definition) is 1. The summed E-state index contributed by atoms with van der Waals surface area (Å²) in [4.78, 5) is 14.6. The van der Waals surface area contributed by atoms with Crippen molar-refractivity contribution in [2.45, 2.75) is 55.6 Å². The van der Waals surface area contributed by atoms with E-state index in [0.29, 0.717) is 25.8 Å². The van der Waals surface area contributed by atoms with Crippen LogP contribution in [0.1, 0.15) is 38.5 Å². The van der Waals surface area contributed by atoms with Gasteiger partial charge in [0.15, 0.2) is 0 Å². The van der Waals surface area contributed by atoms with E-state index in [1.165, 1.54) is 16.4 Å². The minimum Gasteiger partial charge on any atom is -0.391 e. The number of aliphatic hydroxyl groups excluding tert-OH is 1. The molecule has 3 atom stereocenters. The first-order valence-corrected chi connectivity index (χ1v) is 10.9. The van der Waals surface area contributed by atoms with Gasteiger partial charge in [0, 0.05) is 20.1 Å². The molecular formula is C19H27FN2O4S. The summed E-state index contributed by atoms with van der Waals surface area (Å²) in [7, 11) is -2.06. The minimum atomic E-state index is -3.76. The van der Waals surface area contributed by atoms with Crippen LogP contribution in [0, 0.1) is 11.7 Å². The van der Waals surface area contributed by atoms with E-state index in [1.807, 2.05) is 0 Å². The zero-order valence-corrected chi connectivity index (χ0v) is 16.4. The third-order valence-corrected chi connectivity index (χ3v) is 7.60. The number of amides is 1. The van der Waals surface area contributed by atoms with Gasteiger partial charge in [-0.15, -0.1) is 0 Å². The normalized spacial score (nSPS) is 27.3. The lowest BCUT2D eigenvalue weighted by Gasteiger charge is -2.39. The summed E-state index contributed by atoms with van der Waals surface area (Å²) >= 11 is 0. The third-order valence-electron chi connectivity index (χ3n) is 5.72. The largest absolute Gasteiger partial charge is 0.391 e. The van der Waals surface area contributed by atoms with Gasteiger partial charge in [0.2, 0.25) is 15.9 Å². The zero-order valence-electron chi connectivity index (χ0n) is 15.6. The molecule has 1 N–H and O–H groups in total. The molecule has 6 nitrogen and oxygen atoms in total. The highest BCUT2D eigenvalue weighted by molar-refractivity contribution is 7.89. The first-order chi connectivity index (χ1) is 12.8. The fourth-order valence-corrected chi connectivity index (χ4v) is 5.64. The van der Waals surface area contributed by atoms with Gasteiger partial charge < -0.3 is 10.0 Å². The van der Waals surface area contributed by atoms with Crippen molar-refractivity contribution in [2.24, 2.45) is 5.92 Å². The highest BCUT2D eigenvalue weighted by Crippen LogP contribution is 2.28. The van der Waals surface area contributed by atoms with Gasteiger partial charge in [0.25, 0.3) is 0 Å². The monoisotopic (exact) mass is 398 g/mol. The Labute approximate surface area is 160 Å². The van der Waals surface area contributed by atoms with Crippen LogP contribution in [0.2, 0.25) is 0 Å². The summed E-state index contributed by atoms with van der Waals surface area (Å²) in [6.45, 7) is 0.463. The number of carbonyl (C=O) groups is 1. The van der Waals surface area contributed by atoms with Crippen LogP contribution in [-0.4, -0.2) is 60.9 Å². The molecule has 1 unspecified atom stereocenters. The predicted molar refractivity (Wildman–Crippen MR) is 98.9 cm³/mol. The number of hydrogen-bond acceptors (Lipinski definition) is 4. The number of halogens is 1. The lowest BCUT2D eigenvalue weighted by molar-refractivity contribution is -0.140. The fraction of sp³-hybridized carbons (Fsp3) is 0.632. The highest BCUT2D eigenvalue weighted by Gasteiger charge is 2.37. The number of aliphatic hydroxyl groups is 1. The van der Waals surface area contributed by atoms with E-state index in [-0.39, 0.29) is 23.4 Å². The quantitative estimate of drug-likeness (QED) is 0.841. The summed E-state index contributed by atoms with van der Waals surface area (Å²) in [5.74, 6) is -1.03. The van der Waals surface area contributed by atoms with Gasteiger partial charge in [0.1, 0.15) is 5.82 Å². The summed E-state index contributed by atoms with van der Waals surface area (Å²) in [5.41, 5.74) is 0. The van der Waals surface area contributed by atoms with E-state index in [9.17, 15) is 22.7 Å². The fourth-order valence-electron chi connectivity index (χ4n) is 4.11. The van der Waals surface area contributed by atoms with Crippen molar-refractivity contribution in [1.29, 1.82) is 0 Å². The minimum absolute atomic E-state index is 0.0352. The third kappa shape index (κ3) is 4.33. The van der Waals surface area contributed by atoms with E-state index >= 15 is 0 Å². The van der Waals surface area contributed by atoms with Crippen LogP contribution in [0.3, 0.4) is 0 Å². The summed E-state index contributed by atoms with van der Waals surface area (Å²) in [6, 6.07) is 4.55. The average Bonchev–Trinajstić information content (AvgIpc) is 2.67. The first-order valence-electron chi connectivity index (χ1n) is 9.51. The Morgan fingerprint density at radius 3 is 2.48 bits per heavy atom. The van der Waals surface area contributed by atoms with Crippen molar-refractivity contribution >= 4 is 15.9 Å². The number of benzene rings is 1. The van der Waals surface area contributed by atoms with Crippen molar-refractivity contribution in [3.05, 3.63) is 30.1 Å². The first kappa shape index (κ1) is 20.2. The molecule has 1 aliphatic carbocycles. The molecule has 1 amide bonds. The van der Waals surface area contributed by atoms with Crippen molar-refractivity contribution in [2.75, 3.05) is 20.1 Å². The van der Waals surface area contributed by atoms with Gasteiger partial charge in [-0.05, 0) is 49.9 Å². The van der Waals surface area contributed by atoms with Gasteiger partial charge in [0.05, 0.1) is 23.0 Å². The maximum atomic E-state index is 13.1. The van der Waals surface area contributed by atoms with Crippen molar-refractivity contribution in [3.63, 3.8) is 0 Å². The molecule has 3 rings (SSSR count). The number of rotatable bonds is 4. The zero-order chi connectivity index (χ0) is 19.6. The van der Waals surface area contributed by atoms with Crippen LogP contribution < -0.4 is 0 Å². The average molecular weight is 399 g/mol. The lowest BCUT2D eigenvalue weighted by Crippen LogP contribution is -2.51. The van der Waals surface area contributed by atoms with Crippen LogP contribution in [0.5, 0.6) is 0 Å². The Bertz CT molecular complexity index is 768. The Morgan fingerprint density at radius 1 is 1.15 bits per heavy atom. The van der Waals surface area contributed by atoms with Gasteiger partial charge in [-0.25, -0.2) is 12.8 Å². The standard InChI is InChI=1S/C19H27FN2O4S/c1-21(17-6-2-3-7-18(17)23)19(24)14-5-4-12-22(13-14)27(25,26)16-10-8-15(20)9-11-16/h8-11,14,17-18,23H,2-7,12-13H2,1H3/t14?,17-,18-/m1/s1. The molecule has 8 heteroatoms. The molecule has 1 heterocycles. The van der Waals surface area contributed by atoms with E-state index in [1.54, 1.807) is 11.9 Å². The van der Waals surface area contributed by atoms with Crippen LogP contribution >= 0.6 is 0 Å². The molecule has 1 saturated carbocycles. The molecule has 0 spiro atoms. The number of piperidine rings is 1. The van der Waals surface area contributed by atoms with Crippen molar-refractivity contribution in [3.8, 4) is 0 Å². The molecule has 0 radical (unpaired) electrons. The van der Waals surface area contributed by atoms with E-state index in [2.05, 4.69) is 0 Å². The molecule has 2 fully saturated rings. The Hall–Kier alpha value is -1.51. The van der Waals surface area contributed by atoms with E-state index < -0.39 is 27.9 Å². The molecule has 0 bridgehead atoms. The second-order valence-electron chi connectivity index (χ2n) is 7.52. The van der Waals surface area contributed by atoms with Crippen LogP contribution in [0.15, 0.2) is 29.2 Å². The molecule has 0 aromatic heterocycles. The van der Waals surface area contributed by atoms with Gasteiger partial charge in [-0.1, -0.05) is 12.8 Å². The summed E-state index contributed by atoms with van der Waals surface area (Å²) in [6.07, 6.45) is 4.11. The summed E-state index contributed by atoms with van der Waals surface area (Å²) in [5, 5.41) is 10.2. The number of likely N-dealkylation sites (N-methyl/N-ethyl adjacent to an activating group) is 1. The molecule has 27 heavy (non-hydrogen) atoms. The number of carbonyl (C=O) groups excluding carboxylic acids is 1. The predicted octanol–water partition coefficient (Wildman–Crippen LogP) is 1.99. The van der Waals surface area contributed by atoms with Crippen molar-refractivity contribution in [1.82, 2.24) is 9.21 Å². The van der Waals surface area contributed by atoms with Crippen LogP contribution in [0.25, 0.3) is 0 Å². The molecule has 2 aliphatic rings. The Morgan fingerprint density at radius 2 is 1.81 bits per heavy atom. The second kappa shape index (κ2) is 8.24. The van der Waals surface area contributed by atoms with Gasteiger partial charge in [-0.3, -0.25) is 4.79 Å². The van der Waals surface area contributed by atoms with E-state index in [0.717, 1.165) is 31.4 Å². The molecule has 150 valence electrons. The van der Waals surface area contributed by atoms with Crippen LogP contribution in [-0.2, 0) is 14.8 Å². The number of sulfonamides is 1. The number of nitrogens with zero attached hydrogens (tertiary/aromatic N) is 2. The van der Waals surface area contributed by atoms with Gasteiger partial charge >= 0.3 is 0 Å². The van der Waals surface area contributed by atoms with Gasteiger partial charge in [-0.2, -0.15) is 4.31 Å². The lowest BCUT2D eigenvalue weighted by atomic mass is 9.90. The molecule has 1 aromatic carbocycles.